The third kappa shape index (κ3) is 5.18. The SMILES string of the molecule is CN(Cc1ccc(C2=NCCN2)cc1)C(=O)C=CCN(C)S(=O)(=O)c1cccc2ccccc12. The van der Waals surface area contributed by atoms with Crippen molar-refractivity contribution >= 4 is 32.5 Å². The van der Waals surface area contributed by atoms with Crippen LogP contribution in [0.1, 0.15) is 11.1 Å². The first-order valence-electron chi connectivity index (χ1n) is 11.1. The van der Waals surface area contributed by atoms with Crippen LogP contribution < -0.4 is 5.32 Å². The molecule has 0 unspecified atom stereocenters. The van der Waals surface area contributed by atoms with Gasteiger partial charge in [-0.05, 0) is 17.0 Å². The number of hydrogen-bond acceptors (Lipinski definition) is 5. The van der Waals surface area contributed by atoms with E-state index in [1.54, 1.807) is 36.2 Å². The Morgan fingerprint density at radius 2 is 1.76 bits per heavy atom. The van der Waals surface area contributed by atoms with Gasteiger partial charge in [-0.2, -0.15) is 4.31 Å². The van der Waals surface area contributed by atoms with E-state index >= 15 is 0 Å². The first kappa shape index (κ1) is 23.7. The Bertz CT molecular complexity index is 1340. The maximum absolute atomic E-state index is 13.1. The van der Waals surface area contributed by atoms with Crippen LogP contribution in [0.25, 0.3) is 10.8 Å². The van der Waals surface area contributed by atoms with Gasteiger partial charge in [-0.1, -0.05) is 66.7 Å². The van der Waals surface area contributed by atoms with E-state index in [0.29, 0.717) is 11.9 Å². The molecule has 0 aliphatic carbocycles. The van der Waals surface area contributed by atoms with E-state index in [1.165, 1.54) is 17.4 Å². The fourth-order valence-corrected chi connectivity index (χ4v) is 5.16. The molecule has 1 heterocycles. The van der Waals surface area contributed by atoms with Gasteiger partial charge < -0.3 is 10.2 Å². The minimum absolute atomic E-state index is 0.0922. The van der Waals surface area contributed by atoms with Crippen molar-refractivity contribution in [3.63, 3.8) is 0 Å². The van der Waals surface area contributed by atoms with Gasteiger partial charge in [0.15, 0.2) is 0 Å². The average molecular weight is 477 g/mol. The highest BCUT2D eigenvalue weighted by Crippen LogP contribution is 2.25. The lowest BCUT2D eigenvalue weighted by molar-refractivity contribution is -0.125. The molecule has 0 saturated carbocycles. The number of sulfonamides is 1. The highest BCUT2D eigenvalue weighted by molar-refractivity contribution is 7.89. The van der Waals surface area contributed by atoms with Crippen LogP contribution in [0.4, 0.5) is 0 Å². The van der Waals surface area contributed by atoms with Gasteiger partial charge in [-0.15, -0.1) is 0 Å². The van der Waals surface area contributed by atoms with Crippen LogP contribution in [-0.2, 0) is 21.4 Å². The maximum atomic E-state index is 13.1. The normalized spacial score (nSPS) is 13.9. The first-order chi connectivity index (χ1) is 16.4. The number of benzene rings is 3. The van der Waals surface area contributed by atoms with Crippen molar-refractivity contribution in [2.45, 2.75) is 11.4 Å². The number of fused-ring (bicyclic) bond motifs is 1. The van der Waals surface area contributed by atoms with E-state index in [0.717, 1.165) is 35.4 Å². The van der Waals surface area contributed by atoms with Gasteiger partial charge >= 0.3 is 0 Å². The van der Waals surface area contributed by atoms with Crippen LogP contribution in [0.5, 0.6) is 0 Å². The molecular formula is C26H28N4O3S. The Balaban J connectivity index is 1.36. The molecule has 1 aliphatic rings. The second kappa shape index (κ2) is 10.2. The third-order valence-corrected chi connectivity index (χ3v) is 7.64. The molecular weight excluding hydrogens is 448 g/mol. The van der Waals surface area contributed by atoms with Crippen LogP contribution in [0.2, 0.25) is 0 Å². The second-order valence-electron chi connectivity index (χ2n) is 8.21. The number of nitrogens with one attached hydrogen (secondary N) is 1. The summed E-state index contributed by atoms with van der Waals surface area (Å²) in [5.41, 5.74) is 2.04. The largest absolute Gasteiger partial charge is 0.368 e. The van der Waals surface area contributed by atoms with Gasteiger partial charge in [0.1, 0.15) is 5.84 Å². The van der Waals surface area contributed by atoms with Crippen molar-refractivity contribution < 1.29 is 13.2 Å². The van der Waals surface area contributed by atoms with E-state index in [-0.39, 0.29) is 17.3 Å². The summed E-state index contributed by atoms with van der Waals surface area (Å²) in [6.45, 7) is 2.20. The number of hydrogen-bond donors (Lipinski definition) is 1. The van der Waals surface area contributed by atoms with Gasteiger partial charge in [0.05, 0.1) is 11.4 Å². The molecule has 0 fully saturated rings. The summed E-state index contributed by atoms with van der Waals surface area (Å²) < 4.78 is 27.5. The van der Waals surface area contributed by atoms with Crippen LogP contribution in [0.3, 0.4) is 0 Å². The molecule has 1 amide bonds. The summed E-state index contributed by atoms with van der Waals surface area (Å²) >= 11 is 0. The monoisotopic (exact) mass is 476 g/mol. The van der Waals surface area contributed by atoms with Crippen molar-refractivity contribution in [1.82, 2.24) is 14.5 Å². The first-order valence-corrected chi connectivity index (χ1v) is 12.5. The molecule has 0 atom stereocenters. The van der Waals surface area contributed by atoms with Crippen molar-refractivity contribution in [3.05, 3.63) is 90.0 Å². The number of carbonyl (C=O) groups excluding carboxylic acids is 1. The molecule has 176 valence electrons. The van der Waals surface area contributed by atoms with E-state index in [1.807, 2.05) is 48.5 Å². The Morgan fingerprint density at radius 3 is 2.50 bits per heavy atom. The summed E-state index contributed by atoms with van der Waals surface area (Å²) in [5, 5.41) is 4.79. The number of amides is 1. The molecule has 3 aromatic carbocycles. The van der Waals surface area contributed by atoms with Crippen LogP contribution in [0.15, 0.2) is 88.8 Å². The molecule has 0 saturated heterocycles. The number of likely N-dealkylation sites (N-methyl/N-ethyl adjacent to an activating group) is 2. The molecule has 4 rings (SSSR count). The van der Waals surface area contributed by atoms with E-state index in [9.17, 15) is 13.2 Å². The highest BCUT2D eigenvalue weighted by atomic mass is 32.2. The molecule has 34 heavy (non-hydrogen) atoms. The standard InChI is InChI=1S/C26H28N4O3S/c1-29(19-20-12-14-22(15-13-20)26-27-16-17-28-26)25(31)11-6-18-30(2)34(32,33)24-10-5-8-21-7-3-4-9-23(21)24/h3-15H,16-19H2,1-2H3,(H,27,28). The predicted molar refractivity (Wildman–Crippen MR) is 135 cm³/mol. The fraction of sp³-hybridized carbons (Fsp3) is 0.231. The molecule has 1 aliphatic heterocycles. The number of aliphatic imine (C=N–C) groups is 1. The Morgan fingerprint density at radius 1 is 1.03 bits per heavy atom. The number of carbonyl (C=O) groups is 1. The summed E-state index contributed by atoms with van der Waals surface area (Å²) in [5.74, 6) is 0.711. The minimum atomic E-state index is -3.70. The lowest BCUT2D eigenvalue weighted by atomic mass is 10.1. The molecule has 0 spiro atoms. The van der Waals surface area contributed by atoms with Crippen molar-refractivity contribution in [2.75, 3.05) is 33.7 Å². The topological polar surface area (TPSA) is 82.1 Å². The molecule has 8 heteroatoms. The van der Waals surface area contributed by atoms with E-state index < -0.39 is 10.0 Å². The van der Waals surface area contributed by atoms with Crippen LogP contribution in [-0.4, -0.2) is 63.1 Å². The zero-order valence-electron chi connectivity index (χ0n) is 19.3. The Kier molecular flexibility index (Phi) is 7.09. The summed E-state index contributed by atoms with van der Waals surface area (Å²) in [6.07, 6.45) is 3.00. The summed E-state index contributed by atoms with van der Waals surface area (Å²) in [6, 6.07) is 20.6. The average Bonchev–Trinajstić information content (AvgIpc) is 3.39. The van der Waals surface area contributed by atoms with Crippen molar-refractivity contribution in [1.29, 1.82) is 0 Å². The van der Waals surface area contributed by atoms with Gasteiger partial charge in [0.25, 0.3) is 0 Å². The van der Waals surface area contributed by atoms with E-state index in [2.05, 4.69) is 10.3 Å². The fourth-order valence-electron chi connectivity index (χ4n) is 3.83. The minimum Gasteiger partial charge on any atom is -0.368 e. The number of amidine groups is 1. The van der Waals surface area contributed by atoms with E-state index in [4.69, 9.17) is 0 Å². The van der Waals surface area contributed by atoms with Gasteiger partial charge in [0.2, 0.25) is 15.9 Å². The van der Waals surface area contributed by atoms with Gasteiger partial charge in [-0.3, -0.25) is 9.79 Å². The Hall–Kier alpha value is -3.49. The molecule has 3 aromatic rings. The molecule has 0 aromatic heterocycles. The zero-order chi connectivity index (χ0) is 24.1. The molecule has 0 bridgehead atoms. The maximum Gasteiger partial charge on any atom is 0.246 e. The highest BCUT2D eigenvalue weighted by Gasteiger charge is 2.22. The smallest absolute Gasteiger partial charge is 0.246 e. The third-order valence-electron chi connectivity index (χ3n) is 5.76. The molecule has 7 nitrogen and oxygen atoms in total. The van der Waals surface area contributed by atoms with Gasteiger partial charge in [0, 0.05) is 50.8 Å². The van der Waals surface area contributed by atoms with Crippen molar-refractivity contribution in [2.24, 2.45) is 4.99 Å². The lowest BCUT2D eigenvalue weighted by Crippen LogP contribution is -2.28. The summed E-state index contributed by atoms with van der Waals surface area (Å²) in [4.78, 5) is 18.8. The van der Waals surface area contributed by atoms with Gasteiger partial charge in [-0.25, -0.2) is 8.42 Å². The zero-order valence-corrected chi connectivity index (χ0v) is 20.1. The number of rotatable bonds is 8. The predicted octanol–water partition coefficient (Wildman–Crippen LogP) is 3.02. The quantitative estimate of drug-likeness (QED) is 0.507. The summed E-state index contributed by atoms with van der Waals surface area (Å²) in [7, 11) is -0.465. The Labute approximate surface area is 200 Å². The second-order valence-corrected chi connectivity index (χ2v) is 10.2. The molecule has 1 N–H and O–H groups in total. The molecule has 0 radical (unpaired) electrons. The number of nitrogens with zero attached hydrogens (tertiary/aromatic N) is 3. The van der Waals surface area contributed by atoms with Crippen LogP contribution in [0, 0.1) is 0 Å². The lowest BCUT2D eigenvalue weighted by Gasteiger charge is -2.18. The van der Waals surface area contributed by atoms with Crippen molar-refractivity contribution in [3.8, 4) is 0 Å². The van der Waals surface area contributed by atoms with Crippen LogP contribution >= 0.6 is 0 Å².